The molecule has 0 fully saturated rings. The maximum atomic E-state index is 10.0. The van der Waals surface area contributed by atoms with Gasteiger partial charge in [0.05, 0.1) is 12.1 Å². The van der Waals surface area contributed by atoms with Gasteiger partial charge < -0.3 is 4.57 Å². The van der Waals surface area contributed by atoms with Crippen LogP contribution in [-0.4, -0.2) is 21.1 Å². The molecule has 5 heteroatoms. The Morgan fingerprint density at radius 3 is 2.00 bits per heavy atom. The molecule has 0 radical (unpaired) electrons. The first-order valence-corrected chi connectivity index (χ1v) is 14.4. The number of carbonyl (C=O) groups is 2. The number of nitrogens with zero attached hydrogens (tertiary/aromatic N) is 2. The second-order valence-corrected chi connectivity index (χ2v) is 10.6. The number of pyridine rings is 1. The number of rotatable bonds is 10. The third-order valence-corrected chi connectivity index (χ3v) is 7.43. The molecular weight excluding hydrogens is 685 g/mol. The topological polar surface area (TPSA) is 52.0 Å². The van der Waals surface area contributed by atoms with Crippen LogP contribution in [0.15, 0.2) is 91.1 Å². The van der Waals surface area contributed by atoms with Crippen molar-refractivity contribution in [3.63, 3.8) is 0 Å². The Morgan fingerprint density at radius 2 is 1.39 bits per heavy atom. The maximum absolute atomic E-state index is 10.0. The van der Waals surface area contributed by atoms with Gasteiger partial charge in [0.2, 0.25) is 0 Å². The predicted molar refractivity (Wildman–Crippen MR) is 167 cm³/mol. The van der Waals surface area contributed by atoms with Crippen molar-refractivity contribution in [2.75, 3.05) is 0 Å². The molecule has 5 rings (SSSR count). The van der Waals surface area contributed by atoms with E-state index in [-0.39, 0.29) is 38.1 Å². The summed E-state index contributed by atoms with van der Waals surface area (Å²) in [6.07, 6.45) is 7.03. The normalized spacial score (nSPS) is 11.4. The molecule has 0 aliphatic rings. The van der Waals surface area contributed by atoms with Crippen LogP contribution in [0.25, 0.3) is 44.2 Å². The summed E-state index contributed by atoms with van der Waals surface area (Å²) in [6, 6.07) is 30.7. The molecule has 4 nitrogen and oxygen atoms in total. The average molecular weight is 725 g/mol. The van der Waals surface area contributed by atoms with Crippen LogP contribution in [0.5, 0.6) is 0 Å². The second kappa shape index (κ2) is 15.6. The second-order valence-electron chi connectivity index (χ2n) is 10.6. The van der Waals surface area contributed by atoms with Crippen LogP contribution in [0.2, 0.25) is 0 Å². The summed E-state index contributed by atoms with van der Waals surface area (Å²) in [6.45, 7) is 8.52. The van der Waals surface area contributed by atoms with Gasteiger partial charge in [-0.05, 0) is 61.6 Å². The van der Waals surface area contributed by atoms with Gasteiger partial charge >= 0.3 is 20.1 Å². The first-order chi connectivity index (χ1) is 19.4. The van der Waals surface area contributed by atoms with Gasteiger partial charge in [0, 0.05) is 40.1 Å². The van der Waals surface area contributed by atoms with E-state index >= 15 is 0 Å². The summed E-state index contributed by atoms with van der Waals surface area (Å²) in [5.41, 5.74) is 7.36. The fourth-order valence-electron chi connectivity index (χ4n) is 5.32. The average Bonchev–Trinajstić information content (AvgIpc) is 3.28. The van der Waals surface area contributed by atoms with Crippen molar-refractivity contribution in [3.05, 3.63) is 91.1 Å². The molecule has 0 amide bonds. The molecule has 2 aromatic heterocycles. The molecule has 0 aliphatic heterocycles. The van der Waals surface area contributed by atoms with Crippen LogP contribution >= 0.6 is 0 Å². The quantitative estimate of drug-likeness (QED) is 0.135. The van der Waals surface area contributed by atoms with Crippen LogP contribution in [0, 0.1) is 5.92 Å². The van der Waals surface area contributed by atoms with Crippen LogP contribution < -0.4 is 0 Å². The number of para-hydroxylation sites is 1. The number of benzene rings is 3. The van der Waals surface area contributed by atoms with Gasteiger partial charge in [-0.3, -0.25) is 14.6 Å². The molecule has 3 aromatic carbocycles. The summed E-state index contributed by atoms with van der Waals surface area (Å²) in [5, 5.41) is 2.71. The van der Waals surface area contributed by atoms with E-state index in [1.807, 2.05) is 18.3 Å². The zero-order valence-electron chi connectivity index (χ0n) is 24.5. The van der Waals surface area contributed by atoms with Crippen molar-refractivity contribution < 1.29 is 29.7 Å². The third-order valence-electron chi connectivity index (χ3n) is 7.43. The Morgan fingerprint density at radius 1 is 0.756 bits per heavy atom. The van der Waals surface area contributed by atoms with Gasteiger partial charge in [-0.25, -0.2) is 0 Å². The predicted octanol–water partition coefficient (Wildman–Crippen LogP) is 9.29. The Hall–Kier alpha value is -3.40. The van der Waals surface area contributed by atoms with E-state index in [4.69, 9.17) is 0 Å². The first-order valence-electron chi connectivity index (χ1n) is 14.4. The van der Waals surface area contributed by atoms with Gasteiger partial charge in [-0.2, -0.15) is 0 Å². The van der Waals surface area contributed by atoms with Crippen LogP contribution in [0.4, 0.5) is 0 Å². The van der Waals surface area contributed by atoms with Crippen molar-refractivity contribution in [3.8, 4) is 22.4 Å². The maximum Gasteiger partial charge on any atom is 3.00 e. The van der Waals surface area contributed by atoms with Gasteiger partial charge in [-0.1, -0.05) is 93.8 Å². The molecule has 1 atom stereocenters. The summed E-state index contributed by atoms with van der Waals surface area (Å²) in [4.78, 5) is 24.5. The Bertz CT molecular complexity index is 1560. The molecular formula is C36H40IrN2O2+3. The van der Waals surface area contributed by atoms with Crippen LogP contribution in [0.3, 0.4) is 0 Å². The van der Waals surface area contributed by atoms with Crippen molar-refractivity contribution in [2.24, 2.45) is 5.92 Å². The Balaban J connectivity index is 0.000000516. The van der Waals surface area contributed by atoms with E-state index in [0.717, 1.165) is 17.8 Å². The summed E-state index contributed by atoms with van der Waals surface area (Å²) in [7, 11) is 0. The molecule has 0 bridgehead atoms. The molecule has 5 aromatic rings. The van der Waals surface area contributed by atoms with Crippen LogP contribution in [-0.2, 0) is 36.2 Å². The van der Waals surface area contributed by atoms with E-state index < -0.39 is 0 Å². The number of unbranched alkanes of at least 4 members (excludes halogenated alkanes) is 1. The summed E-state index contributed by atoms with van der Waals surface area (Å²) in [5.74, 6) is 0.588. The molecule has 0 spiro atoms. The summed E-state index contributed by atoms with van der Waals surface area (Å²) >= 11 is 0. The SMILES string of the molecule is CC(=O)CC(C)=O.CCCCC(CC)Cn1c2ccccc2c2ccc(-c3ccc(-c4ccccn4)cc3)cc21.[Ir+3]. The van der Waals surface area contributed by atoms with E-state index in [0.29, 0.717) is 5.92 Å². The number of hydrogen-bond donors (Lipinski definition) is 0. The number of Topliss-reactive ketones (excluding diaryl/α,β-unsaturated/α-hetero) is 2. The van der Waals surface area contributed by atoms with Gasteiger partial charge in [0.25, 0.3) is 0 Å². The number of ketones is 2. The summed E-state index contributed by atoms with van der Waals surface area (Å²) < 4.78 is 2.57. The molecule has 0 saturated heterocycles. The number of carbonyl (C=O) groups excluding carboxylic acids is 2. The van der Waals surface area contributed by atoms with Gasteiger partial charge in [0.15, 0.2) is 0 Å². The largest absolute Gasteiger partial charge is 3.00 e. The minimum atomic E-state index is -0.0625. The van der Waals surface area contributed by atoms with Gasteiger partial charge in [0.1, 0.15) is 11.6 Å². The third kappa shape index (κ3) is 8.31. The minimum absolute atomic E-state index is 0. The fraction of sp³-hybridized carbons (Fsp3) is 0.306. The molecule has 0 aliphatic carbocycles. The van der Waals surface area contributed by atoms with Crippen LogP contribution in [0.1, 0.15) is 59.8 Å². The van der Waals surface area contributed by atoms with E-state index in [9.17, 15) is 9.59 Å². The smallest absolute Gasteiger partial charge is 0.340 e. The number of hydrogen-bond acceptors (Lipinski definition) is 3. The standard InChI is InChI=1S/C31H32N2.C5H8O2.Ir/c1-3-5-10-23(4-2)22-33-30-13-7-6-11-27(30)28-19-18-26(21-31(28)33)24-14-16-25(17-15-24)29-12-8-9-20-32-29;1-4(6)3-5(2)7;/h6-9,11-21,23H,3-5,10,22H2,1-2H3;3H2,1-2H3;/q;;+3. The molecule has 0 N–H and O–H groups in total. The van der Waals surface area contributed by atoms with Gasteiger partial charge in [-0.15, -0.1) is 0 Å². The molecule has 2 heterocycles. The van der Waals surface area contributed by atoms with E-state index in [2.05, 4.69) is 96.2 Å². The van der Waals surface area contributed by atoms with Crippen molar-refractivity contribution in [2.45, 2.75) is 66.3 Å². The fourth-order valence-corrected chi connectivity index (χ4v) is 5.32. The monoisotopic (exact) mass is 725 g/mol. The van der Waals surface area contributed by atoms with E-state index in [1.165, 1.54) is 72.5 Å². The van der Waals surface area contributed by atoms with Crippen molar-refractivity contribution in [1.29, 1.82) is 0 Å². The Labute approximate surface area is 257 Å². The molecule has 0 saturated carbocycles. The zero-order chi connectivity index (χ0) is 28.5. The number of aromatic nitrogens is 2. The van der Waals surface area contributed by atoms with Crippen molar-refractivity contribution >= 4 is 33.4 Å². The Kier molecular flexibility index (Phi) is 12.2. The van der Waals surface area contributed by atoms with E-state index in [1.54, 1.807) is 0 Å². The molecule has 1 unspecified atom stereocenters. The first kappa shape index (κ1) is 32.1. The minimum Gasteiger partial charge on any atom is -0.340 e. The zero-order valence-corrected chi connectivity index (χ0v) is 26.9. The molecule has 41 heavy (non-hydrogen) atoms. The molecule has 212 valence electrons. The number of fused-ring (bicyclic) bond motifs is 3. The van der Waals surface area contributed by atoms with Crippen molar-refractivity contribution in [1.82, 2.24) is 9.55 Å².